The molecule has 0 fully saturated rings. The van der Waals surface area contributed by atoms with E-state index in [2.05, 4.69) is 10.3 Å². The highest BCUT2D eigenvalue weighted by Gasteiger charge is 2.16. The number of sulfonamides is 1. The maximum atomic E-state index is 11.2. The Morgan fingerprint density at radius 3 is 2.71 bits per heavy atom. The first-order chi connectivity index (χ1) is 9.77. The second kappa shape index (κ2) is 5.54. The molecule has 0 saturated heterocycles. The number of nitrogens with two attached hydrogens (primary N) is 1. The number of carboxylic acid groups (broad SMARTS) is 1. The van der Waals surface area contributed by atoms with Crippen molar-refractivity contribution in [2.45, 2.75) is 18.4 Å². The van der Waals surface area contributed by atoms with E-state index in [4.69, 9.17) is 14.7 Å². The van der Waals surface area contributed by atoms with E-state index in [-0.39, 0.29) is 22.7 Å². The van der Waals surface area contributed by atoms with Crippen molar-refractivity contribution < 1.29 is 22.7 Å². The largest absolute Gasteiger partial charge is 0.478 e. The molecule has 0 radical (unpaired) electrons. The summed E-state index contributed by atoms with van der Waals surface area (Å²) in [5.41, 5.74) is 0.0376. The minimum absolute atomic E-state index is 0.169. The lowest BCUT2D eigenvalue weighted by atomic mass is 10.2. The Bertz CT molecular complexity index is 782. The van der Waals surface area contributed by atoms with Crippen molar-refractivity contribution in [1.29, 1.82) is 0 Å². The molecule has 4 N–H and O–H groups in total. The Morgan fingerprint density at radius 1 is 1.48 bits per heavy atom. The van der Waals surface area contributed by atoms with Crippen LogP contribution in [0, 0.1) is 6.92 Å². The predicted octanol–water partition coefficient (Wildman–Crippen LogP) is 0.941. The summed E-state index contributed by atoms with van der Waals surface area (Å²) in [5, 5.41) is 17.0. The first-order valence-electron chi connectivity index (χ1n) is 5.82. The third-order valence-corrected chi connectivity index (χ3v) is 3.56. The average molecular weight is 311 g/mol. The lowest BCUT2D eigenvalue weighted by Gasteiger charge is -2.09. The molecule has 0 aliphatic rings. The second-order valence-corrected chi connectivity index (χ2v) is 5.84. The zero-order valence-electron chi connectivity index (χ0n) is 11.0. The summed E-state index contributed by atoms with van der Waals surface area (Å²) in [5.74, 6) is -0.249. The van der Waals surface area contributed by atoms with E-state index in [1.54, 1.807) is 13.1 Å². The average Bonchev–Trinajstić information content (AvgIpc) is 2.80. The second-order valence-electron chi connectivity index (χ2n) is 4.28. The number of aromatic carboxylic acids is 1. The Hall–Kier alpha value is -2.39. The highest BCUT2D eigenvalue weighted by molar-refractivity contribution is 7.89. The molecule has 21 heavy (non-hydrogen) atoms. The summed E-state index contributed by atoms with van der Waals surface area (Å²) in [6.45, 7) is 1.91. The number of rotatable bonds is 5. The van der Waals surface area contributed by atoms with E-state index in [0.717, 1.165) is 6.07 Å². The molecule has 0 saturated carbocycles. The van der Waals surface area contributed by atoms with Gasteiger partial charge < -0.3 is 14.8 Å². The van der Waals surface area contributed by atoms with Gasteiger partial charge in [-0.2, -0.15) is 0 Å². The van der Waals surface area contributed by atoms with Gasteiger partial charge in [0, 0.05) is 5.69 Å². The van der Waals surface area contributed by atoms with Crippen LogP contribution in [-0.4, -0.2) is 24.5 Å². The number of hydrogen-bond donors (Lipinski definition) is 3. The number of aryl methyl sites for hydroxylation is 1. The first-order valence-corrected chi connectivity index (χ1v) is 7.37. The molecule has 9 heteroatoms. The van der Waals surface area contributed by atoms with Crippen LogP contribution in [-0.2, 0) is 16.6 Å². The number of nitrogens with one attached hydrogen (secondary N) is 1. The number of primary sulfonamides is 1. The third-order valence-electron chi connectivity index (χ3n) is 2.65. The monoisotopic (exact) mass is 311 g/mol. The summed E-state index contributed by atoms with van der Waals surface area (Å²) in [7, 11) is -3.96. The minimum Gasteiger partial charge on any atom is -0.478 e. The summed E-state index contributed by atoms with van der Waals surface area (Å²) >= 11 is 0. The maximum Gasteiger partial charge on any atom is 0.337 e. The fourth-order valence-corrected chi connectivity index (χ4v) is 2.23. The Kier molecular flexibility index (Phi) is 3.96. The number of oxazole rings is 1. The Balaban J connectivity index is 2.28. The maximum absolute atomic E-state index is 11.2. The van der Waals surface area contributed by atoms with Gasteiger partial charge in [0.05, 0.1) is 23.2 Å². The molecular weight excluding hydrogens is 298 g/mol. The van der Waals surface area contributed by atoms with Crippen LogP contribution in [0.25, 0.3) is 0 Å². The van der Waals surface area contributed by atoms with E-state index in [0.29, 0.717) is 11.7 Å². The van der Waals surface area contributed by atoms with Crippen LogP contribution in [0.3, 0.4) is 0 Å². The van der Waals surface area contributed by atoms with Crippen LogP contribution in [0.1, 0.15) is 22.0 Å². The van der Waals surface area contributed by atoms with Gasteiger partial charge in [-0.15, -0.1) is 0 Å². The molecule has 0 spiro atoms. The summed E-state index contributed by atoms with van der Waals surface area (Å²) in [4.78, 5) is 14.9. The van der Waals surface area contributed by atoms with Crippen LogP contribution >= 0.6 is 0 Å². The lowest BCUT2D eigenvalue weighted by molar-refractivity contribution is 0.0697. The van der Waals surface area contributed by atoms with Crippen molar-refractivity contribution in [3.8, 4) is 0 Å². The zero-order chi connectivity index (χ0) is 15.6. The van der Waals surface area contributed by atoms with Gasteiger partial charge in [-0.05, 0) is 25.1 Å². The molecule has 1 aromatic carbocycles. The van der Waals surface area contributed by atoms with E-state index >= 15 is 0 Å². The highest BCUT2D eigenvalue weighted by Crippen LogP contribution is 2.20. The van der Waals surface area contributed by atoms with Crippen molar-refractivity contribution in [3.05, 3.63) is 41.6 Å². The molecule has 0 aliphatic carbocycles. The number of anilines is 1. The molecule has 0 atom stereocenters. The lowest BCUT2D eigenvalue weighted by Crippen LogP contribution is -2.14. The van der Waals surface area contributed by atoms with Crippen molar-refractivity contribution in [3.63, 3.8) is 0 Å². The summed E-state index contributed by atoms with van der Waals surface area (Å²) in [6, 6.07) is 3.56. The van der Waals surface area contributed by atoms with E-state index in [1.165, 1.54) is 12.1 Å². The quantitative estimate of drug-likeness (QED) is 0.747. The van der Waals surface area contributed by atoms with Crippen LogP contribution < -0.4 is 10.5 Å². The predicted molar refractivity (Wildman–Crippen MR) is 73.3 cm³/mol. The fourth-order valence-electron chi connectivity index (χ4n) is 1.69. The fraction of sp³-hybridized carbons (Fsp3) is 0.167. The number of carboxylic acids is 1. The minimum atomic E-state index is -3.96. The topological polar surface area (TPSA) is 136 Å². The number of nitrogens with zero attached hydrogens (tertiary/aromatic N) is 1. The van der Waals surface area contributed by atoms with E-state index in [9.17, 15) is 13.2 Å². The third kappa shape index (κ3) is 3.58. The standard InChI is InChI=1S/C12H13N3O5S/c1-7-5-15-11(20-7)6-14-10-3-2-8(21(13,18)19)4-9(10)12(16)17/h2-5,14H,6H2,1H3,(H,16,17)(H2,13,18,19). The molecule has 0 unspecified atom stereocenters. The highest BCUT2D eigenvalue weighted by atomic mass is 32.2. The van der Waals surface area contributed by atoms with Gasteiger partial charge in [-0.3, -0.25) is 0 Å². The molecule has 0 amide bonds. The van der Waals surface area contributed by atoms with Crippen molar-refractivity contribution in [1.82, 2.24) is 4.98 Å². The van der Waals surface area contributed by atoms with Gasteiger partial charge in [0.15, 0.2) is 0 Å². The van der Waals surface area contributed by atoms with Gasteiger partial charge >= 0.3 is 5.97 Å². The molecule has 0 bridgehead atoms. The number of hydrogen-bond acceptors (Lipinski definition) is 6. The normalized spacial score (nSPS) is 11.3. The van der Waals surface area contributed by atoms with E-state index in [1.807, 2.05) is 0 Å². The molecule has 1 aromatic heterocycles. The molecule has 1 heterocycles. The van der Waals surface area contributed by atoms with Crippen LogP contribution in [0.4, 0.5) is 5.69 Å². The summed E-state index contributed by atoms with van der Waals surface area (Å²) in [6.07, 6.45) is 1.54. The SMILES string of the molecule is Cc1cnc(CNc2ccc(S(N)(=O)=O)cc2C(=O)O)o1. The Morgan fingerprint density at radius 2 is 2.19 bits per heavy atom. The number of carbonyl (C=O) groups is 1. The summed E-state index contributed by atoms with van der Waals surface area (Å²) < 4.78 is 27.7. The van der Waals surface area contributed by atoms with Crippen molar-refractivity contribution in [2.75, 3.05) is 5.32 Å². The van der Waals surface area contributed by atoms with Gasteiger partial charge in [-0.1, -0.05) is 0 Å². The van der Waals surface area contributed by atoms with Crippen LogP contribution in [0.15, 0.2) is 33.7 Å². The molecule has 2 rings (SSSR count). The number of aromatic nitrogens is 1. The first kappa shape index (κ1) is 15.0. The van der Waals surface area contributed by atoms with Gasteiger partial charge in [0.2, 0.25) is 15.9 Å². The molecular formula is C12H13N3O5S. The van der Waals surface area contributed by atoms with Crippen LogP contribution in [0.5, 0.6) is 0 Å². The van der Waals surface area contributed by atoms with Crippen molar-refractivity contribution >= 4 is 21.7 Å². The number of benzene rings is 1. The van der Waals surface area contributed by atoms with Crippen LogP contribution in [0.2, 0.25) is 0 Å². The van der Waals surface area contributed by atoms with Crippen molar-refractivity contribution in [2.24, 2.45) is 5.14 Å². The van der Waals surface area contributed by atoms with E-state index < -0.39 is 16.0 Å². The zero-order valence-corrected chi connectivity index (χ0v) is 11.8. The van der Waals surface area contributed by atoms with Gasteiger partial charge in [-0.25, -0.2) is 23.3 Å². The smallest absolute Gasteiger partial charge is 0.337 e. The molecule has 0 aliphatic heterocycles. The molecule has 8 nitrogen and oxygen atoms in total. The van der Waals surface area contributed by atoms with Gasteiger partial charge in [0.1, 0.15) is 5.76 Å². The molecule has 112 valence electrons. The Labute approximate surface area is 120 Å². The molecule has 2 aromatic rings. The van der Waals surface area contributed by atoms with Gasteiger partial charge in [0.25, 0.3) is 0 Å².